The quantitative estimate of drug-likeness (QED) is 0.590. The van der Waals surface area contributed by atoms with Crippen LogP contribution in [0.1, 0.15) is 5.69 Å². The largest absolute Gasteiger partial charge is 0.290 e. The number of hydrogen-bond acceptors (Lipinski definition) is 3. The zero-order valence-electron chi connectivity index (χ0n) is 9.05. The van der Waals surface area contributed by atoms with Gasteiger partial charge in [-0.15, -0.1) is 0 Å². The molecule has 0 unspecified atom stereocenters. The Morgan fingerprint density at radius 3 is 2.35 bits per heavy atom. The summed E-state index contributed by atoms with van der Waals surface area (Å²) in [6.07, 6.45) is 0. The molecular weight excluding hydrogens is 223 g/mol. The number of aromatic nitrogens is 1. The van der Waals surface area contributed by atoms with E-state index in [2.05, 4.69) is 4.98 Å². The number of rotatable bonds is 2. The lowest BCUT2D eigenvalue weighted by atomic mass is 10.1. The first-order chi connectivity index (χ1) is 8.08. The van der Waals surface area contributed by atoms with Crippen molar-refractivity contribution in [3.63, 3.8) is 0 Å². The molecule has 0 saturated carbocycles. The molecule has 4 nitrogen and oxygen atoms in total. The van der Waals surface area contributed by atoms with Crippen LogP contribution in [0.4, 0.5) is 10.1 Å². The maximum atomic E-state index is 12.7. The summed E-state index contributed by atoms with van der Waals surface area (Å²) in [5.41, 5.74) is 1.64. The van der Waals surface area contributed by atoms with Gasteiger partial charge in [0, 0.05) is 11.6 Å². The summed E-state index contributed by atoms with van der Waals surface area (Å²) in [4.78, 5) is 14.3. The first-order valence-electron chi connectivity index (χ1n) is 4.96. The Kier molecular flexibility index (Phi) is 2.82. The van der Waals surface area contributed by atoms with Gasteiger partial charge in [-0.2, -0.15) is 0 Å². The van der Waals surface area contributed by atoms with Crippen molar-refractivity contribution in [2.24, 2.45) is 0 Å². The minimum Gasteiger partial charge on any atom is -0.258 e. The molecule has 0 aliphatic rings. The molecule has 86 valence electrons. The van der Waals surface area contributed by atoms with E-state index in [1.54, 1.807) is 25.1 Å². The predicted molar refractivity (Wildman–Crippen MR) is 61.0 cm³/mol. The summed E-state index contributed by atoms with van der Waals surface area (Å²) < 4.78 is 12.7. The van der Waals surface area contributed by atoms with Crippen LogP contribution >= 0.6 is 0 Å². The zero-order chi connectivity index (χ0) is 12.4. The Morgan fingerprint density at radius 2 is 1.82 bits per heavy atom. The fourth-order valence-electron chi connectivity index (χ4n) is 1.53. The van der Waals surface area contributed by atoms with Gasteiger partial charge in [0.15, 0.2) is 0 Å². The fourth-order valence-corrected chi connectivity index (χ4v) is 1.53. The van der Waals surface area contributed by atoms with Crippen molar-refractivity contribution in [1.29, 1.82) is 0 Å². The zero-order valence-corrected chi connectivity index (χ0v) is 9.05. The van der Waals surface area contributed by atoms with Gasteiger partial charge in [-0.05, 0) is 37.3 Å². The van der Waals surface area contributed by atoms with Crippen LogP contribution in [0.5, 0.6) is 0 Å². The van der Waals surface area contributed by atoms with E-state index in [-0.39, 0.29) is 11.5 Å². The molecule has 2 aromatic rings. The maximum absolute atomic E-state index is 12.7. The van der Waals surface area contributed by atoms with E-state index in [1.165, 1.54) is 18.2 Å². The Hall–Kier alpha value is -2.30. The second-order valence-electron chi connectivity index (χ2n) is 3.57. The van der Waals surface area contributed by atoms with Gasteiger partial charge in [0.2, 0.25) is 0 Å². The number of pyridine rings is 1. The fraction of sp³-hybridized carbons (Fsp3) is 0.0833. The van der Waals surface area contributed by atoms with E-state index in [1.807, 2.05) is 0 Å². The topological polar surface area (TPSA) is 56.0 Å². The molecule has 1 aromatic heterocycles. The third-order valence-corrected chi connectivity index (χ3v) is 2.39. The van der Waals surface area contributed by atoms with Crippen molar-refractivity contribution < 1.29 is 9.31 Å². The molecule has 2 rings (SSSR count). The van der Waals surface area contributed by atoms with E-state index in [0.29, 0.717) is 11.4 Å². The van der Waals surface area contributed by atoms with Crippen molar-refractivity contribution in [2.45, 2.75) is 6.92 Å². The van der Waals surface area contributed by atoms with Crippen LogP contribution in [0, 0.1) is 22.9 Å². The van der Waals surface area contributed by atoms with Crippen molar-refractivity contribution in [3.05, 3.63) is 58.0 Å². The molecule has 1 aromatic carbocycles. The normalized spacial score (nSPS) is 10.2. The number of nitrogens with zero attached hydrogens (tertiary/aromatic N) is 2. The van der Waals surface area contributed by atoms with Gasteiger partial charge in [-0.1, -0.05) is 0 Å². The van der Waals surface area contributed by atoms with Gasteiger partial charge in [0.25, 0.3) is 5.69 Å². The van der Waals surface area contributed by atoms with Crippen molar-refractivity contribution in [3.8, 4) is 11.3 Å². The third-order valence-electron chi connectivity index (χ3n) is 2.39. The Balaban J connectivity index is 2.44. The van der Waals surface area contributed by atoms with Crippen molar-refractivity contribution in [2.75, 3.05) is 0 Å². The van der Waals surface area contributed by atoms with Crippen LogP contribution in [0.25, 0.3) is 11.3 Å². The van der Waals surface area contributed by atoms with Crippen molar-refractivity contribution in [1.82, 2.24) is 4.98 Å². The van der Waals surface area contributed by atoms with Crippen LogP contribution in [0.15, 0.2) is 36.4 Å². The predicted octanol–water partition coefficient (Wildman–Crippen LogP) is 3.10. The molecule has 0 aliphatic heterocycles. The van der Waals surface area contributed by atoms with Gasteiger partial charge < -0.3 is 0 Å². The van der Waals surface area contributed by atoms with E-state index in [0.717, 1.165) is 5.56 Å². The molecule has 1 heterocycles. The molecule has 0 fully saturated rings. The van der Waals surface area contributed by atoms with E-state index < -0.39 is 4.92 Å². The van der Waals surface area contributed by atoms with E-state index in [4.69, 9.17) is 0 Å². The second kappa shape index (κ2) is 4.29. The van der Waals surface area contributed by atoms with Gasteiger partial charge in [-0.3, -0.25) is 10.1 Å². The number of nitro groups is 1. The van der Waals surface area contributed by atoms with Gasteiger partial charge >= 0.3 is 0 Å². The van der Waals surface area contributed by atoms with Gasteiger partial charge in [0.05, 0.1) is 10.6 Å². The molecule has 0 aliphatic carbocycles. The molecule has 0 radical (unpaired) electrons. The van der Waals surface area contributed by atoms with Crippen LogP contribution in [0.3, 0.4) is 0 Å². The highest BCUT2D eigenvalue weighted by molar-refractivity contribution is 5.60. The first-order valence-corrected chi connectivity index (χ1v) is 4.96. The van der Waals surface area contributed by atoms with Gasteiger partial charge in [0.1, 0.15) is 11.5 Å². The molecule has 0 spiro atoms. The van der Waals surface area contributed by atoms with Crippen LogP contribution in [0.2, 0.25) is 0 Å². The molecule has 0 atom stereocenters. The molecule has 0 N–H and O–H groups in total. The summed E-state index contributed by atoms with van der Waals surface area (Å²) in [7, 11) is 0. The molecular formula is C12H9FN2O2. The summed E-state index contributed by atoms with van der Waals surface area (Å²) >= 11 is 0. The summed E-state index contributed by atoms with van der Waals surface area (Å²) in [6.45, 7) is 1.57. The molecule has 5 heteroatoms. The highest BCUT2D eigenvalue weighted by Gasteiger charge is 2.12. The Bertz CT molecular complexity index is 567. The Morgan fingerprint density at radius 1 is 1.18 bits per heavy atom. The van der Waals surface area contributed by atoms with Crippen LogP contribution in [-0.4, -0.2) is 9.91 Å². The number of aryl methyl sites for hydroxylation is 1. The lowest BCUT2D eigenvalue weighted by Crippen LogP contribution is -1.95. The maximum Gasteiger partial charge on any atom is 0.290 e. The van der Waals surface area contributed by atoms with Crippen molar-refractivity contribution >= 4 is 5.69 Å². The highest BCUT2D eigenvalue weighted by atomic mass is 19.1. The van der Waals surface area contributed by atoms with Crippen LogP contribution < -0.4 is 0 Å². The van der Waals surface area contributed by atoms with E-state index >= 15 is 0 Å². The second-order valence-corrected chi connectivity index (χ2v) is 3.57. The standard InChI is InChI=1S/C12H9FN2O2/c1-8-12(15(16)17)7-6-11(14-8)9-2-4-10(13)5-3-9/h2-7H,1H3. The average molecular weight is 232 g/mol. The minimum absolute atomic E-state index is 0.0177. The molecule has 0 amide bonds. The molecule has 17 heavy (non-hydrogen) atoms. The summed E-state index contributed by atoms with van der Waals surface area (Å²) in [6, 6.07) is 8.78. The van der Waals surface area contributed by atoms with E-state index in [9.17, 15) is 14.5 Å². The average Bonchev–Trinajstić information content (AvgIpc) is 2.29. The number of benzene rings is 1. The number of hydrogen-bond donors (Lipinski definition) is 0. The smallest absolute Gasteiger partial charge is 0.258 e. The number of halogens is 1. The lowest BCUT2D eigenvalue weighted by molar-refractivity contribution is -0.385. The Labute approximate surface area is 96.9 Å². The van der Waals surface area contributed by atoms with Crippen LogP contribution in [-0.2, 0) is 0 Å². The molecule has 0 saturated heterocycles. The monoisotopic (exact) mass is 232 g/mol. The first kappa shape index (κ1) is 11.2. The SMILES string of the molecule is Cc1nc(-c2ccc(F)cc2)ccc1[N+](=O)[O-]. The minimum atomic E-state index is -0.475. The third kappa shape index (κ3) is 2.28. The lowest BCUT2D eigenvalue weighted by Gasteiger charge is -2.02. The highest BCUT2D eigenvalue weighted by Crippen LogP contribution is 2.22. The summed E-state index contributed by atoms with van der Waals surface area (Å²) in [5, 5.41) is 10.6. The molecule has 0 bridgehead atoms. The summed E-state index contributed by atoms with van der Waals surface area (Å²) in [5.74, 6) is -0.326. The van der Waals surface area contributed by atoms with Gasteiger partial charge in [-0.25, -0.2) is 9.37 Å².